The number of nitrogen functional groups attached to an aromatic ring is 1. The molecule has 1 atom stereocenters. The van der Waals surface area contributed by atoms with Gasteiger partial charge in [0.15, 0.2) is 5.69 Å². The SMILES string of the molecule is CCCCn1c(N)c(N(C)C(=O)CC2C=CCC2)c(=O)[nH]c1=O. The average Bonchev–Trinajstić information content (AvgIpc) is 2.99. The van der Waals surface area contributed by atoms with Crippen LogP contribution in [-0.2, 0) is 11.3 Å². The van der Waals surface area contributed by atoms with Crippen molar-refractivity contribution in [3.8, 4) is 0 Å². The second-order valence-electron chi connectivity index (χ2n) is 5.92. The Labute approximate surface area is 134 Å². The highest BCUT2D eigenvalue weighted by Gasteiger charge is 2.23. The number of aromatic nitrogens is 2. The third-order valence-corrected chi connectivity index (χ3v) is 4.21. The van der Waals surface area contributed by atoms with Gasteiger partial charge in [-0.15, -0.1) is 0 Å². The monoisotopic (exact) mass is 320 g/mol. The summed E-state index contributed by atoms with van der Waals surface area (Å²) >= 11 is 0. The maximum absolute atomic E-state index is 12.4. The van der Waals surface area contributed by atoms with Gasteiger partial charge in [-0.2, -0.15) is 0 Å². The maximum atomic E-state index is 12.4. The van der Waals surface area contributed by atoms with Gasteiger partial charge in [0.05, 0.1) is 0 Å². The third kappa shape index (κ3) is 3.72. The Morgan fingerprint density at radius 2 is 2.22 bits per heavy atom. The van der Waals surface area contributed by atoms with Crippen LogP contribution in [0.25, 0.3) is 0 Å². The highest BCUT2D eigenvalue weighted by Crippen LogP contribution is 2.23. The predicted octanol–water partition coefficient (Wildman–Crippen LogP) is 1.24. The molecule has 23 heavy (non-hydrogen) atoms. The number of nitrogens with one attached hydrogen (secondary N) is 1. The molecule has 0 bridgehead atoms. The molecule has 1 amide bonds. The van der Waals surface area contributed by atoms with Gasteiger partial charge in [-0.3, -0.25) is 19.1 Å². The van der Waals surface area contributed by atoms with Gasteiger partial charge in [0, 0.05) is 20.0 Å². The molecule has 7 nitrogen and oxygen atoms in total. The molecule has 0 spiro atoms. The lowest BCUT2D eigenvalue weighted by Gasteiger charge is -2.21. The molecule has 1 heterocycles. The van der Waals surface area contributed by atoms with E-state index in [4.69, 9.17) is 5.73 Å². The van der Waals surface area contributed by atoms with Crippen molar-refractivity contribution in [3.05, 3.63) is 33.0 Å². The van der Waals surface area contributed by atoms with Crippen LogP contribution in [0.1, 0.15) is 39.0 Å². The van der Waals surface area contributed by atoms with Crippen LogP contribution in [0.15, 0.2) is 21.7 Å². The van der Waals surface area contributed by atoms with Crippen molar-refractivity contribution in [2.45, 2.75) is 45.6 Å². The molecule has 7 heteroatoms. The molecular weight excluding hydrogens is 296 g/mol. The molecule has 2 rings (SSSR count). The van der Waals surface area contributed by atoms with Gasteiger partial charge in [0.25, 0.3) is 5.56 Å². The van der Waals surface area contributed by atoms with Crippen LogP contribution in [-0.4, -0.2) is 22.5 Å². The normalized spacial score (nSPS) is 16.7. The van der Waals surface area contributed by atoms with E-state index in [2.05, 4.69) is 11.1 Å². The largest absolute Gasteiger partial charge is 0.383 e. The molecule has 0 fully saturated rings. The van der Waals surface area contributed by atoms with Gasteiger partial charge >= 0.3 is 5.69 Å². The van der Waals surface area contributed by atoms with Crippen molar-refractivity contribution < 1.29 is 4.79 Å². The highest BCUT2D eigenvalue weighted by atomic mass is 16.2. The van der Waals surface area contributed by atoms with Crippen LogP contribution in [0, 0.1) is 5.92 Å². The smallest absolute Gasteiger partial charge is 0.330 e. The van der Waals surface area contributed by atoms with Crippen LogP contribution < -0.4 is 21.9 Å². The van der Waals surface area contributed by atoms with E-state index in [0.717, 1.165) is 25.7 Å². The van der Waals surface area contributed by atoms with Crippen LogP contribution in [0.3, 0.4) is 0 Å². The summed E-state index contributed by atoms with van der Waals surface area (Å²) in [5, 5.41) is 0. The fourth-order valence-electron chi connectivity index (χ4n) is 2.79. The van der Waals surface area contributed by atoms with Crippen LogP contribution in [0.4, 0.5) is 11.5 Å². The fourth-order valence-corrected chi connectivity index (χ4v) is 2.79. The predicted molar refractivity (Wildman–Crippen MR) is 90.5 cm³/mol. The van der Waals surface area contributed by atoms with E-state index in [-0.39, 0.29) is 23.3 Å². The number of rotatable bonds is 6. The van der Waals surface area contributed by atoms with E-state index >= 15 is 0 Å². The van der Waals surface area contributed by atoms with Gasteiger partial charge in [-0.1, -0.05) is 25.5 Å². The van der Waals surface area contributed by atoms with E-state index in [1.165, 1.54) is 16.5 Å². The van der Waals surface area contributed by atoms with Gasteiger partial charge < -0.3 is 10.6 Å². The molecule has 0 aliphatic heterocycles. The second kappa shape index (κ2) is 7.30. The van der Waals surface area contributed by atoms with Crippen molar-refractivity contribution in [1.82, 2.24) is 9.55 Å². The van der Waals surface area contributed by atoms with Gasteiger partial charge in [-0.05, 0) is 25.2 Å². The molecule has 0 radical (unpaired) electrons. The van der Waals surface area contributed by atoms with Crippen LogP contribution in [0.5, 0.6) is 0 Å². The van der Waals surface area contributed by atoms with Gasteiger partial charge in [0.1, 0.15) is 5.82 Å². The number of carbonyl (C=O) groups excluding carboxylic acids is 1. The standard InChI is InChI=1S/C16H24N4O3/c1-3-4-9-20-14(17)13(15(22)18-16(20)23)19(2)12(21)10-11-7-5-6-8-11/h5,7,11H,3-4,6,8-10,17H2,1-2H3,(H,18,22,23). The summed E-state index contributed by atoms with van der Waals surface area (Å²) in [7, 11) is 1.52. The lowest BCUT2D eigenvalue weighted by molar-refractivity contribution is -0.118. The van der Waals surface area contributed by atoms with E-state index in [1.807, 2.05) is 13.0 Å². The summed E-state index contributed by atoms with van der Waals surface area (Å²) in [6.45, 7) is 2.41. The number of carbonyl (C=O) groups is 1. The number of anilines is 2. The number of nitrogens with two attached hydrogens (primary N) is 1. The number of H-pyrrole nitrogens is 1. The Kier molecular flexibility index (Phi) is 5.41. The Bertz CT molecular complexity index is 717. The fraction of sp³-hybridized carbons (Fsp3) is 0.562. The van der Waals surface area contributed by atoms with E-state index in [1.54, 1.807) is 0 Å². The molecule has 0 aromatic carbocycles. The first-order valence-electron chi connectivity index (χ1n) is 8.01. The number of hydrogen-bond acceptors (Lipinski definition) is 4. The summed E-state index contributed by atoms with van der Waals surface area (Å²) in [5.41, 5.74) is 4.89. The van der Waals surface area contributed by atoms with Crippen molar-refractivity contribution in [1.29, 1.82) is 0 Å². The number of allylic oxidation sites excluding steroid dienone is 2. The summed E-state index contributed by atoms with van der Waals surface area (Å²) in [6.07, 6.45) is 8.00. The first-order chi connectivity index (χ1) is 11.0. The zero-order valence-corrected chi connectivity index (χ0v) is 13.7. The van der Waals surface area contributed by atoms with Crippen molar-refractivity contribution in [2.24, 2.45) is 5.92 Å². The zero-order chi connectivity index (χ0) is 17.0. The van der Waals surface area contributed by atoms with Crippen molar-refractivity contribution >= 4 is 17.4 Å². The average molecular weight is 320 g/mol. The number of hydrogen-bond donors (Lipinski definition) is 2. The molecule has 126 valence electrons. The van der Waals surface area contributed by atoms with Crippen LogP contribution >= 0.6 is 0 Å². The number of aromatic amines is 1. The first-order valence-corrected chi connectivity index (χ1v) is 8.01. The number of unbranched alkanes of at least 4 members (excludes halogenated alkanes) is 1. The molecule has 0 saturated heterocycles. The lowest BCUT2D eigenvalue weighted by atomic mass is 10.0. The highest BCUT2D eigenvalue weighted by molar-refractivity contribution is 5.95. The Balaban J connectivity index is 2.29. The summed E-state index contributed by atoms with van der Waals surface area (Å²) in [5.74, 6) is 0.0701. The lowest BCUT2D eigenvalue weighted by Crippen LogP contribution is -2.39. The summed E-state index contributed by atoms with van der Waals surface area (Å²) in [6, 6.07) is 0. The minimum absolute atomic E-state index is 0.0463. The minimum Gasteiger partial charge on any atom is -0.383 e. The van der Waals surface area contributed by atoms with Gasteiger partial charge in [0.2, 0.25) is 5.91 Å². The first kappa shape index (κ1) is 17.1. The number of nitrogens with zero attached hydrogens (tertiary/aromatic N) is 2. The number of amides is 1. The second-order valence-corrected chi connectivity index (χ2v) is 5.92. The molecule has 1 unspecified atom stereocenters. The van der Waals surface area contributed by atoms with E-state index in [9.17, 15) is 14.4 Å². The zero-order valence-electron chi connectivity index (χ0n) is 13.7. The van der Waals surface area contributed by atoms with Crippen LogP contribution in [0.2, 0.25) is 0 Å². The molecule has 1 aromatic heterocycles. The molecule has 1 aliphatic carbocycles. The third-order valence-electron chi connectivity index (χ3n) is 4.21. The Morgan fingerprint density at radius 1 is 1.48 bits per heavy atom. The minimum atomic E-state index is -0.627. The molecule has 1 aromatic rings. The van der Waals surface area contributed by atoms with E-state index in [0.29, 0.717) is 13.0 Å². The Hall–Kier alpha value is -2.31. The molecule has 1 aliphatic rings. The molecular formula is C16H24N4O3. The van der Waals surface area contributed by atoms with E-state index < -0.39 is 11.2 Å². The molecule has 0 saturated carbocycles. The van der Waals surface area contributed by atoms with Gasteiger partial charge in [-0.25, -0.2) is 4.79 Å². The summed E-state index contributed by atoms with van der Waals surface area (Å²) in [4.78, 5) is 39.9. The maximum Gasteiger partial charge on any atom is 0.330 e. The topological polar surface area (TPSA) is 101 Å². The molecule has 3 N–H and O–H groups in total. The Morgan fingerprint density at radius 3 is 2.83 bits per heavy atom. The quantitative estimate of drug-likeness (QED) is 0.770. The van der Waals surface area contributed by atoms with Crippen molar-refractivity contribution in [3.63, 3.8) is 0 Å². The van der Waals surface area contributed by atoms with Crippen molar-refractivity contribution in [2.75, 3.05) is 17.7 Å². The summed E-state index contributed by atoms with van der Waals surface area (Å²) < 4.78 is 1.32.